The lowest BCUT2D eigenvalue weighted by Gasteiger charge is -2.33. The normalized spacial score (nSPS) is 16.8. The second-order valence-corrected chi connectivity index (χ2v) is 5.34. The molecule has 102 valence electrons. The highest BCUT2D eigenvalue weighted by Gasteiger charge is 2.19. The van der Waals surface area contributed by atoms with Crippen LogP contribution >= 0.6 is 0 Å². The molecule has 0 saturated carbocycles. The van der Waals surface area contributed by atoms with Gasteiger partial charge in [-0.15, -0.1) is 0 Å². The molecule has 0 N–H and O–H groups in total. The molecule has 1 aliphatic heterocycles. The summed E-state index contributed by atoms with van der Waals surface area (Å²) in [7, 11) is 9.67. The predicted octanol–water partition coefficient (Wildman–Crippen LogP) is -0.521. The number of likely N-dealkylation sites (N-methyl/N-ethyl adjacent to an activating group) is 1. The molecule has 2 radical (unpaired) electrons. The van der Waals surface area contributed by atoms with Crippen LogP contribution in [0.1, 0.15) is 0 Å². The van der Waals surface area contributed by atoms with Crippen LogP contribution in [-0.4, -0.2) is 55.5 Å². The van der Waals surface area contributed by atoms with E-state index in [1.165, 1.54) is 0 Å². The lowest BCUT2D eigenvalue weighted by atomic mass is 9.95. The quantitative estimate of drug-likeness (QED) is 0.653. The minimum Gasteiger partial charge on any atom is -0.340 e. The van der Waals surface area contributed by atoms with E-state index in [-0.39, 0.29) is 5.56 Å². The lowest BCUT2D eigenvalue weighted by Crippen LogP contribution is -2.46. The fourth-order valence-corrected chi connectivity index (χ4v) is 2.57. The van der Waals surface area contributed by atoms with Crippen molar-refractivity contribution in [2.24, 2.45) is 7.05 Å². The van der Waals surface area contributed by atoms with Gasteiger partial charge in [0, 0.05) is 33.2 Å². The Hall–Kier alpha value is -1.82. The van der Waals surface area contributed by atoms with Gasteiger partial charge < -0.3 is 9.80 Å². The van der Waals surface area contributed by atoms with Crippen molar-refractivity contribution < 1.29 is 0 Å². The van der Waals surface area contributed by atoms with Crippen LogP contribution in [0.4, 0.5) is 5.95 Å². The zero-order chi connectivity index (χ0) is 14.3. The van der Waals surface area contributed by atoms with Gasteiger partial charge in [-0.1, -0.05) is 11.5 Å². The SMILES string of the molecule is [B]c1ccc2c(=O)n(C)c(N3CCN(C)CC3)nc2c1. The number of anilines is 1. The number of nitrogens with zero attached hydrogens (tertiary/aromatic N) is 4. The van der Waals surface area contributed by atoms with Crippen molar-refractivity contribution in [3.63, 3.8) is 0 Å². The van der Waals surface area contributed by atoms with E-state index in [2.05, 4.69) is 21.8 Å². The first kappa shape index (κ1) is 13.2. The summed E-state index contributed by atoms with van der Waals surface area (Å²) < 4.78 is 1.63. The molecular formula is C14H17BN4O. The summed E-state index contributed by atoms with van der Waals surface area (Å²) in [5, 5.41) is 0.611. The van der Waals surface area contributed by atoms with Crippen molar-refractivity contribution in [2.45, 2.75) is 0 Å². The Morgan fingerprint density at radius 2 is 1.85 bits per heavy atom. The van der Waals surface area contributed by atoms with Gasteiger partial charge >= 0.3 is 0 Å². The van der Waals surface area contributed by atoms with E-state index in [0.29, 0.717) is 16.4 Å². The first-order chi connectivity index (χ1) is 9.56. The van der Waals surface area contributed by atoms with E-state index in [4.69, 9.17) is 7.85 Å². The molecule has 2 heterocycles. The molecule has 0 bridgehead atoms. The summed E-state index contributed by atoms with van der Waals surface area (Å²) >= 11 is 0. The fraction of sp³-hybridized carbons (Fsp3) is 0.429. The fourth-order valence-electron chi connectivity index (χ4n) is 2.57. The van der Waals surface area contributed by atoms with Crippen LogP contribution in [-0.2, 0) is 7.05 Å². The molecule has 1 fully saturated rings. The number of benzene rings is 1. The Bertz CT molecular complexity index is 704. The van der Waals surface area contributed by atoms with E-state index >= 15 is 0 Å². The van der Waals surface area contributed by atoms with Crippen LogP contribution in [0, 0.1) is 0 Å². The highest BCUT2D eigenvalue weighted by Crippen LogP contribution is 2.14. The molecule has 1 saturated heterocycles. The van der Waals surface area contributed by atoms with Crippen molar-refractivity contribution in [3.8, 4) is 0 Å². The van der Waals surface area contributed by atoms with Crippen LogP contribution in [0.3, 0.4) is 0 Å². The number of rotatable bonds is 1. The predicted molar refractivity (Wildman–Crippen MR) is 82.1 cm³/mol. The molecular weight excluding hydrogens is 251 g/mol. The first-order valence-electron chi connectivity index (χ1n) is 6.76. The van der Waals surface area contributed by atoms with Crippen LogP contribution in [0.2, 0.25) is 0 Å². The average molecular weight is 268 g/mol. The van der Waals surface area contributed by atoms with Crippen molar-refractivity contribution in [1.82, 2.24) is 14.5 Å². The molecule has 1 aromatic heterocycles. The summed E-state index contributed by atoms with van der Waals surface area (Å²) in [6.45, 7) is 3.71. The van der Waals surface area contributed by atoms with Gasteiger partial charge in [0.15, 0.2) is 0 Å². The first-order valence-corrected chi connectivity index (χ1v) is 6.76. The third-order valence-corrected chi connectivity index (χ3v) is 3.86. The molecule has 1 aromatic carbocycles. The van der Waals surface area contributed by atoms with Crippen LogP contribution in [0.25, 0.3) is 10.9 Å². The second-order valence-electron chi connectivity index (χ2n) is 5.34. The van der Waals surface area contributed by atoms with Gasteiger partial charge in [0.2, 0.25) is 5.95 Å². The number of hydrogen-bond donors (Lipinski definition) is 0. The topological polar surface area (TPSA) is 41.4 Å². The third kappa shape index (κ3) is 2.20. The van der Waals surface area contributed by atoms with Crippen molar-refractivity contribution in [3.05, 3.63) is 28.6 Å². The molecule has 0 amide bonds. The Morgan fingerprint density at radius 3 is 2.55 bits per heavy atom. The number of hydrogen-bond acceptors (Lipinski definition) is 4. The summed E-state index contributed by atoms with van der Waals surface area (Å²) in [6, 6.07) is 5.24. The maximum Gasteiger partial charge on any atom is 0.262 e. The molecule has 5 nitrogen and oxygen atoms in total. The number of aromatic nitrogens is 2. The smallest absolute Gasteiger partial charge is 0.262 e. The molecule has 0 spiro atoms. The summed E-state index contributed by atoms with van der Waals surface area (Å²) in [4.78, 5) is 21.5. The van der Waals surface area contributed by atoms with E-state index in [0.717, 1.165) is 32.1 Å². The van der Waals surface area contributed by atoms with Gasteiger partial charge in [0.25, 0.3) is 5.56 Å². The lowest BCUT2D eigenvalue weighted by molar-refractivity contribution is 0.310. The van der Waals surface area contributed by atoms with Gasteiger partial charge in [-0.3, -0.25) is 9.36 Å². The van der Waals surface area contributed by atoms with Gasteiger partial charge in [-0.2, -0.15) is 0 Å². The van der Waals surface area contributed by atoms with Crippen molar-refractivity contribution in [1.29, 1.82) is 0 Å². The van der Waals surface area contributed by atoms with Crippen LogP contribution in [0.5, 0.6) is 0 Å². The minimum atomic E-state index is -0.0241. The van der Waals surface area contributed by atoms with E-state index < -0.39 is 0 Å². The van der Waals surface area contributed by atoms with Crippen LogP contribution < -0.4 is 15.9 Å². The molecule has 1 aliphatic rings. The van der Waals surface area contributed by atoms with Gasteiger partial charge in [-0.05, 0) is 19.2 Å². The second kappa shape index (κ2) is 4.94. The molecule has 0 aliphatic carbocycles. The maximum atomic E-state index is 12.4. The molecule has 20 heavy (non-hydrogen) atoms. The Morgan fingerprint density at radius 1 is 1.15 bits per heavy atom. The van der Waals surface area contributed by atoms with Crippen LogP contribution in [0.15, 0.2) is 23.0 Å². The monoisotopic (exact) mass is 268 g/mol. The van der Waals surface area contributed by atoms with E-state index in [1.54, 1.807) is 29.8 Å². The Balaban J connectivity index is 2.11. The standard InChI is InChI=1S/C14H17BN4O/c1-17-5-7-19(8-6-17)14-16-12-9-10(15)3-4-11(12)13(20)18(14)2/h3-4,9H,5-8H2,1-2H3. The van der Waals surface area contributed by atoms with E-state index in [9.17, 15) is 4.79 Å². The van der Waals surface area contributed by atoms with Crippen molar-refractivity contribution >= 4 is 30.2 Å². The number of fused-ring (bicyclic) bond motifs is 1. The van der Waals surface area contributed by atoms with Gasteiger partial charge in [0.05, 0.1) is 10.9 Å². The third-order valence-electron chi connectivity index (χ3n) is 3.86. The molecule has 6 heteroatoms. The Labute approximate surface area is 119 Å². The summed E-state index contributed by atoms with van der Waals surface area (Å²) in [5.41, 5.74) is 1.27. The largest absolute Gasteiger partial charge is 0.340 e. The molecule has 2 aromatic rings. The highest BCUT2D eigenvalue weighted by molar-refractivity contribution is 6.33. The molecule has 3 rings (SSSR count). The van der Waals surface area contributed by atoms with Gasteiger partial charge in [-0.25, -0.2) is 4.98 Å². The van der Waals surface area contributed by atoms with E-state index in [1.807, 2.05) is 0 Å². The zero-order valence-electron chi connectivity index (χ0n) is 11.8. The maximum absolute atomic E-state index is 12.4. The Kier molecular flexibility index (Phi) is 3.26. The summed E-state index contributed by atoms with van der Waals surface area (Å²) in [6.07, 6.45) is 0. The molecule has 0 atom stereocenters. The minimum absolute atomic E-state index is 0.0241. The highest BCUT2D eigenvalue weighted by atomic mass is 16.1. The number of piperazine rings is 1. The van der Waals surface area contributed by atoms with Gasteiger partial charge in [0.1, 0.15) is 7.85 Å². The molecule has 0 unspecified atom stereocenters. The van der Waals surface area contributed by atoms with Crippen molar-refractivity contribution in [2.75, 3.05) is 38.1 Å². The zero-order valence-corrected chi connectivity index (χ0v) is 11.8. The average Bonchev–Trinajstić information content (AvgIpc) is 2.44. The summed E-state index contributed by atoms with van der Waals surface area (Å²) in [5.74, 6) is 0.723.